The highest BCUT2D eigenvalue weighted by Gasteiger charge is 2.03. The fourth-order valence-corrected chi connectivity index (χ4v) is 2.03. The summed E-state index contributed by atoms with van der Waals surface area (Å²) < 4.78 is 1.93. The molecule has 19 heavy (non-hydrogen) atoms. The summed E-state index contributed by atoms with van der Waals surface area (Å²) in [5.41, 5.74) is 1.81. The number of hydrogen-bond donors (Lipinski definition) is 1. The predicted octanol–water partition coefficient (Wildman–Crippen LogP) is 3.94. The van der Waals surface area contributed by atoms with E-state index in [1.165, 1.54) is 0 Å². The van der Waals surface area contributed by atoms with Crippen molar-refractivity contribution in [3.8, 4) is 0 Å². The number of aliphatic carboxylic acids is 1. The molecule has 0 unspecified atom stereocenters. The largest absolute Gasteiger partial charge is 0.478 e. The maximum absolute atomic E-state index is 10.5. The van der Waals surface area contributed by atoms with Gasteiger partial charge >= 0.3 is 5.97 Å². The van der Waals surface area contributed by atoms with Gasteiger partial charge in [-0.1, -0.05) is 29.3 Å². The first-order valence-corrected chi connectivity index (χ1v) is 6.32. The van der Waals surface area contributed by atoms with Gasteiger partial charge in [0.1, 0.15) is 0 Å². The van der Waals surface area contributed by atoms with Crippen LogP contribution in [0.15, 0.2) is 42.6 Å². The third-order valence-corrected chi connectivity index (χ3v) is 3.34. The van der Waals surface area contributed by atoms with Crippen molar-refractivity contribution in [2.75, 3.05) is 0 Å². The molecule has 0 radical (unpaired) electrons. The van der Waals surface area contributed by atoms with E-state index in [4.69, 9.17) is 28.3 Å². The van der Waals surface area contributed by atoms with Crippen molar-refractivity contribution in [2.45, 2.75) is 6.54 Å². The molecule has 0 saturated heterocycles. The Kier molecular flexibility index (Phi) is 4.30. The summed E-state index contributed by atoms with van der Waals surface area (Å²) in [6.07, 6.45) is 4.55. The van der Waals surface area contributed by atoms with E-state index in [2.05, 4.69) is 0 Å². The normalized spacial score (nSPS) is 11.1. The van der Waals surface area contributed by atoms with E-state index in [0.717, 1.165) is 17.3 Å². The molecule has 1 aromatic heterocycles. The molecule has 0 atom stereocenters. The summed E-state index contributed by atoms with van der Waals surface area (Å²) in [5, 5.41) is 9.66. The maximum Gasteiger partial charge on any atom is 0.328 e. The first-order valence-electron chi connectivity index (χ1n) is 5.56. The van der Waals surface area contributed by atoms with Crippen molar-refractivity contribution in [2.24, 2.45) is 0 Å². The molecule has 5 heteroatoms. The van der Waals surface area contributed by atoms with Crippen molar-refractivity contribution in [3.63, 3.8) is 0 Å². The lowest BCUT2D eigenvalue weighted by Gasteiger charge is -2.07. The van der Waals surface area contributed by atoms with Gasteiger partial charge < -0.3 is 9.67 Å². The Bertz CT molecular complexity index is 632. The van der Waals surface area contributed by atoms with Crippen LogP contribution in [0.4, 0.5) is 0 Å². The summed E-state index contributed by atoms with van der Waals surface area (Å²) in [6, 6.07) is 9.14. The Morgan fingerprint density at radius 3 is 2.74 bits per heavy atom. The van der Waals surface area contributed by atoms with Crippen molar-refractivity contribution in [1.29, 1.82) is 0 Å². The van der Waals surface area contributed by atoms with Crippen LogP contribution in [0.2, 0.25) is 10.0 Å². The Hall–Kier alpha value is -1.71. The summed E-state index contributed by atoms with van der Waals surface area (Å²) in [7, 11) is 0. The van der Waals surface area contributed by atoms with Crippen LogP contribution in [0.1, 0.15) is 11.3 Å². The molecule has 0 amide bonds. The average molecular weight is 296 g/mol. The SMILES string of the molecule is O=C(O)/C=C/c1cccn1Cc1ccc(Cl)c(Cl)c1. The fraction of sp³-hybridized carbons (Fsp3) is 0.0714. The van der Waals surface area contributed by atoms with Gasteiger partial charge in [0.2, 0.25) is 0 Å². The molecular weight excluding hydrogens is 285 g/mol. The molecule has 0 aliphatic carbocycles. The summed E-state index contributed by atoms with van der Waals surface area (Å²) >= 11 is 11.8. The first-order chi connectivity index (χ1) is 9.06. The molecule has 0 saturated carbocycles. The fourth-order valence-electron chi connectivity index (χ4n) is 1.71. The van der Waals surface area contributed by atoms with Crippen LogP contribution >= 0.6 is 23.2 Å². The van der Waals surface area contributed by atoms with Gasteiger partial charge in [0.15, 0.2) is 0 Å². The molecule has 0 bridgehead atoms. The van der Waals surface area contributed by atoms with Crippen LogP contribution in [0.3, 0.4) is 0 Å². The van der Waals surface area contributed by atoms with Crippen molar-refractivity contribution >= 4 is 35.2 Å². The van der Waals surface area contributed by atoms with E-state index in [0.29, 0.717) is 16.6 Å². The highest BCUT2D eigenvalue weighted by molar-refractivity contribution is 6.42. The van der Waals surface area contributed by atoms with Gasteiger partial charge in [-0.2, -0.15) is 0 Å². The molecule has 1 aromatic carbocycles. The highest BCUT2D eigenvalue weighted by atomic mass is 35.5. The van der Waals surface area contributed by atoms with Crippen LogP contribution in [0.5, 0.6) is 0 Å². The van der Waals surface area contributed by atoms with Crippen molar-refractivity contribution < 1.29 is 9.90 Å². The second kappa shape index (κ2) is 5.95. The highest BCUT2D eigenvalue weighted by Crippen LogP contribution is 2.23. The Labute approximate surface area is 120 Å². The minimum absolute atomic E-state index is 0.508. The molecule has 0 fully saturated rings. The van der Waals surface area contributed by atoms with E-state index < -0.39 is 5.97 Å². The van der Waals surface area contributed by atoms with Crippen LogP contribution in [-0.4, -0.2) is 15.6 Å². The lowest BCUT2D eigenvalue weighted by Crippen LogP contribution is -2.00. The number of benzene rings is 1. The van der Waals surface area contributed by atoms with Gasteiger partial charge in [-0.05, 0) is 35.9 Å². The number of aromatic nitrogens is 1. The lowest BCUT2D eigenvalue weighted by molar-refractivity contribution is -0.131. The Morgan fingerprint density at radius 1 is 1.26 bits per heavy atom. The molecule has 3 nitrogen and oxygen atoms in total. The van der Waals surface area contributed by atoms with E-state index in [9.17, 15) is 4.79 Å². The lowest BCUT2D eigenvalue weighted by atomic mass is 10.2. The number of carboxylic acid groups (broad SMARTS) is 1. The van der Waals surface area contributed by atoms with Gasteiger partial charge in [-0.3, -0.25) is 0 Å². The predicted molar refractivity (Wildman–Crippen MR) is 76.7 cm³/mol. The Balaban J connectivity index is 2.21. The van der Waals surface area contributed by atoms with Gasteiger partial charge in [0, 0.05) is 24.5 Å². The van der Waals surface area contributed by atoms with Crippen molar-refractivity contribution in [1.82, 2.24) is 4.57 Å². The smallest absolute Gasteiger partial charge is 0.328 e. The second-order valence-corrected chi connectivity index (χ2v) is 4.80. The molecule has 2 rings (SSSR count). The minimum Gasteiger partial charge on any atom is -0.478 e. The van der Waals surface area contributed by atoms with Gasteiger partial charge in [-0.15, -0.1) is 0 Å². The number of rotatable bonds is 4. The monoisotopic (exact) mass is 295 g/mol. The number of carbonyl (C=O) groups is 1. The zero-order valence-electron chi connectivity index (χ0n) is 9.88. The van der Waals surface area contributed by atoms with Crippen LogP contribution in [0.25, 0.3) is 6.08 Å². The number of carboxylic acids is 1. The number of hydrogen-bond acceptors (Lipinski definition) is 1. The second-order valence-electron chi connectivity index (χ2n) is 3.98. The zero-order valence-corrected chi connectivity index (χ0v) is 11.4. The molecule has 1 heterocycles. The van der Waals surface area contributed by atoms with Gasteiger partial charge in [0.05, 0.1) is 10.0 Å². The van der Waals surface area contributed by atoms with E-state index in [1.807, 2.05) is 29.0 Å². The Morgan fingerprint density at radius 2 is 2.05 bits per heavy atom. The minimum atomic E-state index is -0.970. The molecule has 1 N–H and O–H groups in total. The van der Waals surface area contributed by atoms with Crippen LogP contribution < -0.4 is 0 Å². The molecule has 98 valence electrons. The molecule has 0 aliphatic heterocycles. The molecule has 0 aliphatic rings. The molecular formula is C14H11Cl2NO2. The van der Waals surface area contributed by atoms with E-state index in [1.54, 1.807) is 18.2 Å². The quantitative estimate of drug-likeness (QED) is 0.868. The van der Waals surface area contributed by atoms with Gasteiger partial charge in [-0.25, -0.2) is 4.79 Å². The third-order valence-electron chi connectivity index (χ3n) is 2.60. The summed E-state index contributed by atoms with van der Waals surface area (Å²) in [5.74, 6) is -0.970. The number of nitrogens with zero attached hydrogens (tertiary/aromatic N) is 1. The first kappa shape index (κ1) is 13.7. The van der Waals surface area contributed by atoms with Crippen LogP contribution in [0, 0.1) is 0 Å². The molecule has 0 spiro atoms. The standard InChI is InChI=1S/C14H11Cl2NO2/c15-12-5-3-10(8-13(12)16)9-17-7-1-2-11(17)4-6-14(18)19/h1-8H,9H2,(H,18,19)/b6-4+. The topological polar surface area (TPSA) is 42.2 Å². The van der Waals surface area contributed by atoms with Crippen LogP contribution in [-0.2, 0) is 11.3 Å². The summed E-state index contributed by atoms with van der Waals surface area (Å²) in [6.45, 7) is 0.600. The average Bonchev–Trinajstić information content (AvgIpc) is 2.79. The number of halogens is 2. The van der Waals surface area contributed by atoms with Crippen molar-refractivity contribution in [3.05, 3.63) is 63.9 Å². The maximum atomic E-state index is 10.5. The third kappa shape index (κ3) is 3.63. The zero-order chi connectivity index (χ0) is 13.8. The molecule has 2 aromatic rings. The van der Waals surface area contributed by atoms with E-state index in [-0.39, 0.29) is 0 Å². The summed E-state index contributed by atoms with van der Waals surface area (Å²) in [4.78, 5) is 10.5. The van der Waals surface area contributed by atoms with E-state index >= 15 is 0 Å². The van der Waals surface area contributed by atoms with Gasteiger partial charge in [0.25, 0.3) is 0 Å².